The standard InChI is InChI=1S/C15H18F3N7O/c1-21-12-11(15(16,17)18)8-22-13(25-12)24-10-3-4-14(9-20,23-7-10)26-6-2-5-19/h3-4,7-8,23H,2,5-6,19H2,1H3,(H2,21,22,24,25). The third-order valence-electron chi connectivity index (χ3n) is 3.37. The minimum atomic E-state index is -4.56. The van der Waals surface area contributed by atoms with E-state index in [1.165, 1.54) is 19.3 Å². The highest BCUT2D eigenvalue weighted by Gasteiger charge is 2.35. The summed E-state index contributed by atoms with van der Waals surface area (Å²) in [7, 11) is 1.34. The van der Waals surface area contributed by atoms with Crippen LogP contribution in [0.3, 0.4) is 0 Å². The van der Waals surface area contributed by atoms with Crippen LogP contribution in [0.4, 0.5) is 24.9 Å². The number of halogens is 3. The Hall–Kier alpha value is -2.84. The quantitative estimate of drug-likeness (QED) is 0.534. The molecule has 1 unspecified atom stereocenters. The van der Waals surface area contributed by atoms with Gasteiger partial charge in [-0.2, -0.15) is 23.4 Å². The number of anilines is 2. The molecule has 1 aliphatic heterocycles. The second-order valence-corrected chi connectivity index (χ2v) is 5.24. The number of nitrogens with one attached hydrogen (secondary N) is 3. The van der Waals surface area contributed by atoms with E-state index in [1.54, 1.807) is 6.08 Å². The molecule has 1 aromatic heterocycles. The van der Waals surface area contributed by atoms with Gasteiger partial charge in [-0.05, 0) is 25.1 Å². The largest absolute Gasteiger partial charge is 0.421 e. The fourth-order valence-corrected chi connectivity index (χ4v) is 2.04. The first kappa shape index (κ1) is 19.5. The van der Waals surface area contributed by atoms with Gasteiger partial charge in [0.05, 0.1) is 12.3 Å². The average molecular weight is 369 g/mol. The van der Waals surface area contributed by atoms with Crippen molar-refractivity contribution in [2.75, 3.05) is 30.8 Å². The van der Waals surface area contributed by atoms with Crippen LogP contribution in [0.5, 0.6) is 0 Å². The van der Waals surface area contributed by atoms with E-state index in [2.05, 4.69) is 25.9 Å². The van der Waals surface area contributed by atoms with Crippen LogP contribution >= 0.6 is 0 Å². The Kier molecular flexibility index (Phi) is 6.01. The second kappa shape index (κ2) is 8.03. The van der Waals surface area contributed by atoms with Gasteiger partial charge in [-0.1, -0.05) is 0 Å². The van der Waals surface area contributed by atoms with Gasteiger partial charge in [0.15, 0.2) is 0 Å². The Bertz CT molecular complexity index is 742. The number of hydrogen-bond donors (Lipinski definition) is 4. The van der Waals surface area contributed by atoms with Crippen molar-refractivity contribution in [3.05, 3.63) is 35.8 Å². The Labute approximate surface area is 147 Å². The average Bonchev–Trinajstić information content (AvgIpc) is 2.62. The maximum Gasteiger partial charge on any atom is 0.421 e. The molecule has 0 spiro atoms. The summed E-state index contributed by atoms with van der Waals surface area (Å²) >= 11 is 0. The number of alkyl halides is 3. The summed E-state index contributed by atoms with van der Waals surface area (Å²) in [5, 5.41) is 17.2. The van der Waals surface area contributed by atoms with Crippen molar-refractivity contribution < 1.29 is 17.9 Å². The molecule has 0 radical (unpaired) electrons. The Morgan fingerprint density at radius 1 is 1.46 bits per heavy atom. The SMILES string of the molecule is CNc1nc(NC2=CNC(C#N)(OCCCN)C=C2)ncc1C(F)(F)F. The molecule has 0 aromatic carbocycles. The first-order valence-corrected chi connectivity index (χ1v) is 7.65. The van der Waals surface area contributed by atoms with E-state index >= 15 is 0 Å². The highest BCUT2D eigenvalue weighted by atomic mass is 19.4. The Morgan fingerprint density at radius 2 is 2.23 bits per heavy atom. The molecule has 1 atom stereocenters. The zero-order chi connectivity index (χ0) is 19.2. The number of ether oxygens (including phenoxy) is 1. The van der Waals surface area contributed by atoms with E-state index in [1.807, 2.05) is 6.07 Å². The third-order valence-corrected chi connectivity index (χ3v) is 3.37. The summed E-state index contributed by atoms with van der Waals surface area (Å²) in [5.74, 6) is -0.381. The van der Waals surface area contributed by atoms with Gasteiger partial charge in [0.1, 0.15) is 17.5 Å². The van der Waals surface area contributed by atoms with E-state index in [9.17, 15) is 18.4 Å². The molecule has 2 rings (SSSR count). The van der Waals surface area contributed by atoms with E-state index in [0.717, 1.165) is 0 Å². The number of rotatable bonds is 7. The summed E-state index contributed by atoms with van der Waals surface area (Å²) in [4.78, 5) is 7.47. The lowest BCUT2D eigenvalue weighted by Gasteiger charge is -2.27. The van der Waals surface area contributed by atoms with Crippen molar-refractivity contribution in [2.45, 2.75) is 18.3 Å². The number of dihydropyridines is 1. The smallest absolute Gasteiger partial charge is 0.372 e. The minimum Gasteiger partial charge on any atom is -0.372 e. The number of nitriles is 1. The highest BCUT2D eigenvalue weighted by Crippen LogP contribution is 2.33. The zero-order valence-corrected chi connectivity index (χ0v) is 13.9. The van der Waals surface area contributed by atoms with Gasteiger partial charge in [-0.15, -0.1) is 0 Å². The maximum atomic E-state index is 12.9. The monoisotopic (exact) mass is 369 g/mol. The Balaban J connectivity index is 2.09. The van der Waals surface area contributed by atoms with Gasteiger partial charge in [-0.25, -0.2) is 4.98 Å². The van der Waals surface area contributed by atoms with Gasteiger partial charge in [0.25, 0.3) is 0 Å². The normalized spacial score (nSPS) is 19.3. The molecular weight excluding hydrogens is 351 g/mol. The summed E-state index contributed by atoms with van der Waals surface area (Å²) < 4.78 is 44.0. The topological polar surface area (TPSA) is 121 Å². The number of allylic oxidation sites excluding steroid dienone is 1. The van der Waals surface area contributed by atoms with E-state index < -0.39 is 17.5 Å². The fraction of sp³-hybridized carbons (Fsp3) is 0.400. The van der Waals surface area contributed by atoms with Crippen molar-refractivity contribution in [3.63, 3.8) is 0 Å². The molecule has 11 heteroatoms. The number of aromatic nitrogens is 2. The lowest BCUT2D eigenvalue weighted by Crippen LogP contribution is -2.44. The molecule has 1 aliphatic rings. The van der Waals surface area contributed by atoms with Crippen LogP contribution in [0.1, 0.15) is 12.0 Å². The number of nitrogens with zero attached hydrogens (tertiary/aromatic N) is 3. The molecule has 2 heterocycles. The molecular formula is C15H18F3N7O. The van der Waals surface area contributed by atoms with Crippen LogP contribution in [-0.2, 0) is 10.9 Å². The van der Waals surface area contributed by atoms with Crippen LogP contribution in [0, 0.1) is 11.3 Å². The predicted octanol–water partition coefficient (Wildman–Crippen LogP) is 1.54. The predicted molar refractivity (Wildman–Crippen MR) is 88.5 cm³/mol. The first-order valence-electron chi connectivity index (χ1n) is 7.65. The molecule has 8 nitrogen and oxygen atoms in total. The van der Waals surface area contributed by atoms with Gasteiger partial charge in [0, 0.05) is 19.4 Å². The van der Waals surface area contributed by atoms with Crippen molar-refractivity contribution in [2.24, 2.45) is 5.73 Å². The number of hydrogen-bond acceptors (Lipinski definition) is 8. The van der Waals surface area contributed by atoms with Crippen LogP contribution in [0.15, 0.2) is 30.2 Å². The molecule has 26 heavy (non-hydrogen) atoms. The second-order valence-electron chi connectivity index (χ2n) is 5.24. The first-order chi connectivity index (χ1) is 12.3. The Morgan fingerprint density at radius 3 is 2.77 bits per heavy atom. The molecule has 0 fully saturated rings. The van der Waals surface area contributed by atoms with E-state index in [-0.39, 0.29) is 11.8 Å². The molecule has 0 bridgehead atoms. The van der Waals surface area contributed by atoms with Crippen LogP contribution in [0.25, 0.3) is 0 Å². The third kappa shape index (κ3) is 4.62. The summed E-state index contributed by atoms with van der Waals surface area (Å²) in [6, 6.07) is 2.00. The van der Waals surface area contributed by atoms with Crippen LogP contribution < -0.4 is 21.7 Å². The summed E-state index contributed by atoms with van der Waals surface area (Å²) in [6.45, 7) is 0.735. The molecule has 5 N–H and O–H groups in total. The van der Waals surface area contributed by atoms with Crippen molar-refractivity contribution in [1.82, 2.24) is 15.3 Å². The van der Waals surface area contributed by atoms with Crippen LogP contribution in [-0.4, -0.2) is 35.9 Å². The van der Waals surface area contributed by atoms with Crippen molar-refractivity contribution in [1.29, 1.82) is 5.26 Å². The highest BCUT2D eigenvalue weighted by molar-refractivity contribution is 5.51. The molecule has 0 saturated carbocycles. The van der Waals surface area contributed by atoms with Crippen LogP contribution in [0.2, 0.25) is 0 Å². The van der Waals surface area contributed by atoms with Gasteiger partial charge >= 0.3 is 6.18 Å². The molecule has 140 valence electrons. The lowest BCUT2D eigenvalue weighted by atomic mass is 10.1. The maximum absolute atomic E-state index is 12.9. The van der Waals surface area contributed by atoms with E-state index in [0.29, 0.717) is 31.5 Å². The van der Waals surface area contributed by atoms with Crippen molar-refractivity contribution >= 4 is 11.8 Å². The molecule has 1 aromatic rings. The zero-order valence-electron chi connectivity index (χ0n) is 13.9. The number of nitrogens with two attached hydrogens (primary N) is 1. The van der Waals surface area contributed by atoms with Crippen molar-refractivity contribution in [3.8, 4) is 6.07 Å². The summed E-state index contributed by atoms with van der Waals surface area (Å²) in [5.41, 5.74) is 3.54. The van der Waals surface area contributed by atoms with Gasteiger partial charge in [0.2, 0.25) is 11.7 Å². The molecule has 0 saturated heterocycles. The lowest BCUT2D eigenvalue weighted by molar-refractivity contribution is -0.137. The minimum absolute atomic E-state index is 0.0337. The molecule has 0 amide bonds. The fourth-order valence-electron chi connectivity index (χ4n) is 2.04. The van der Waals surface area contributed by atoms with Gasteiger partial charge < -0.3 is 26.4 Å². The van der Waals surface area contributed by atoms with E-state index in [4.69, 9.17) is 10.5 Å². The van der Waals surface area contributed by atoms with Gasteiger partial charge in [-0.3, -0.25) is 0 Å². The summed E-state index contributed by atoms with van der Waals surface area (Å²) in [6.07, 6.45) is 1.20. The molecule has 0 aliphatic carbocycles.